The Labute approximate surface area is 87.7 Å². The Bertz CT molecular complexity index is 317. The van der Waals surface area contributed by atoms with E-state index in [-0.39, 0.29) is 6.03 Å². The average molecular weight is 214 g/mol. The maximum Gasteiger partial charge on any atom is 0.319 e. The van der Waals surface area contributed by atoms with Gasteiger partial charge < -0.3 is 10.6 Å². The second-order valence-corrected chi connectivity index (χ2v) is 3.13. The summed E-state index contributed by atoms with van der Waals surface area (Å²) < 4.78 is 0. The number of aromatic nitrogens is 1. The zero-order valence-electron chi connectivity index (χ0n) is 7.88. The van der Waals surface area contributed by atoms with Gasteiger partial charge in [-0.1, -0.05) is 0 Å². The first kappa shape index (κ1) is 10.8. The molecule has 1 rings (SSSR count). The van der Waals surface area contributed by atoms with E-state index < -0.39 is 0 Å². The minimum Gasteiger partial charge on any atom is -0.337 e. The zero-order valence-corrected chi connectivity index (χ0v) is 8.64. The number of nitrogens with zero attached hydrogens (tertiary/aromatic N) is 1. The van der Waals surface area contributed by atoms with Crippen LogP contribution in [-0.4, -0.2) is 23.4 Å². The van der Waals surface area contributed by atoms with E-state index in [1.54, 1.807) is 18.3 Å². The molecule has 0 aromatic carbocycles. The number of anilines is 1. The van der Waals surface area contributed by atoms with Gasteiger partial charge in [-0.05, 0) is 19.1 Å². The molecule has 2 N–H and O–H groups in total. The van der Waals surface area contributed by atoms with Crippen LogP contribution in [0.3, 0.4) is 0 Å². The maximum absolute atomic E-state index is 11.2. The fraction of sp³-hybridized carbons (Fsp3) is 0.333. The minimum atomic E-state index is -0.253. The highest BCUT2D eigenvalue weighted by Crippen LogP contribution is 2.06. The van der Waals surface area contributed by atoms with Gasteiger partial charge in [-0.25, -0.2) is 4.79 Å². The van der Waals surface area contributed by atoms with Crippen molar-refractivity contribution in [3.05, 3.63) is 24.0 Å². The molecule has 4 nitrogen and oxygen atoms in total. The zero-order chi connectivity index (χ0) is 10.4. The highest BCUT2D eigenvalue weighted by Gasteiger charge is 1.99. The van der Waals surface area contributed by atoms with Crippen LogP contribution in [0, 0.1) is 6.92 Å². The van der Waals surface area contributed by atoms with E-state index in [9.17, 15) is 4.79 Å². The Balaban J connectivity index is 2.47. The van der Waals surface area contributed by atoms with Crippen LogP contribution in [0.25, 0.3) is 0 Å². The fourth-order valence-corrected chi connectivity index (χ4v) is 1.05. The Morgan fingerprint density at radius 2 is 2.43 bits per heavy atom. The Hall–Kier alpha value is -1.29. The standard InChI is InChI=1S/C9H12ClN3O/c1-7-6-8(2-4-11-7)13-9(14)12-5-3-10/h2,4,6H,3,5H2,1H3,(H2,11,12,13,14). The van der Waals surface area contributed by atoms with E-state index in [0.717, 1.165) is 11.4 Å². The summed E-state index contributed by atoms with van der Waals surface area (Å²) in [5.41, 5.74) is 1.59. The third-order valence-corrected chi connectivity index (χ3v) is 1.72. The van der Waals surface area contributed by atoms with Crippen molar-refractivity contribution in [2.75, 3.05) is 17.7 Å². The molecule has 0 bridgehead atoms. The minimum absolute atomic E-state index is 0.253. The average Bonchev–Trinajstić information content (AvgIpc) is 2.15. The molecule has 0 fully saturated rings. The second-order valence-electron chi connectivity index (χ2n) is 2.76. The van der Waals surface area contributed by atoms with Crippen LogP contribution in [0.15, 0.2) is 18.3 Å². The molecule has 0 aliphatic heterocycles. The van der Waals surface area contributed by atoms with Gasteiger partial charge in [0.2, 0.25) is 0 Å². The van der Waals surface area contributed by atoms with E-state index in [1.807, 2.05) is 6.92 Å². The van der Waals surface area contributed by atoms with Crippen LogP contribution in [-0.2, 0) is 0 Å². The molecule has 0 saturated heterocycles. The molecule has 14 heavy (non-hydrogen) atoms. The van der Waals surface area contributed by atoms with Gasteiger partial charge >= 0.3 is 6.03 Å². The van der Waals surface area contributed by atoms with Crippen molar-refractivity contribution in [2.45, 2.75) is 6.92 Å². The number of pyridine rings is 1. The van der Waals surface area contributed by atoms with Gasteiger partial charge in [0.1, 0.15) is 0 Å². The fourth-order valence-electron chi connectivity index (χ4n) is 0.959. The van der Waals surface area contributed by atoms with E-state index in [2.05, 4.69) is 15.6 Å². The molecule has 76 valence electrons. The Kier molecular flexibility index (Phi) is 4.19. The summed E-state index contributed by atoms with van der Waals surface area (Å²) >= 11 is 5.42. The summed E-state index contributed by atoms with van der Waals surface area (Å²) in [6.07, 6.45) is 1.65. The Morgan fingerprint density at radius 3 is 3.07 bits per heavy atom. The van der Waals surface area contributed by atoms with Crippen molar-refractivity contribution in [1.29, 1.82) is 0 Å². The number of hydrogen-bond acceptors (Lipinski definition) is 2. The lowest BCUT2D eigenvalue weighted by Gasteiger charge is -2.06. The van der Waals surface area contributed by atoms with Crippen molar-refractivity contribution >= 4 is 23.3 Å². The van der Waals surface area contributed by atoms with Gasteiger partial charge in [-0.15, -0.1) is 11.6 Å². The van der Waals surface area contributed by atoms with Gasteiger partial charge in [0.25, 0.3) is 0 Å². The third kappa shape index (κ3) is 3.62. The van der Waals surface area contributed by atoms with Gasteiger partial charge in [-0.2, -0.15) is 0 Å². The number of halogens is 1. The number of carbonyl (C=O) groups excluding carboxylic acids is 1. The van der Waals surface area contributed by atoms with Crippen LogP contribution >= 0.6 is 11.6 Å². The summed E-state index contributed by atoms with van der Waals surface area (Å²) in [4.78, 5) is 15.2. The number of hydrogen-bond donors (Lipinski definition) is 2. The monoisotopic (exact) mass is 213 g/mol. The number of rotatable bonds is 3. The molecule has 0 atom stereocenters. The first-order valence-corrected chi connectivity index (χ1v) is 4.79. The molecule has 0 aliphatic carbocycles. The molecule has 0 spiro atoms. The lowest BCUT2D eigenvalue weighted by atomic mass is 10.3. The second kappa shape index (κ2) is 5.44. The molecule has 1 aromatic heterocycles. The molecule has 1 heterocycles. The number of amides is 2. The van der Waals surface area contributed by atoms with Crippen LogP contribution in [0.1, 0.15) is 5.69 Å². The quantitative estimate of drug-likeness (QED) is 0.752. The van der Waals surface area contributed by atoms with Crippen molar-refractivity contribution in [3.63, 3.8) is 0 Å². The highest BCUT2D eigenvalue weighted by atomic mass is 35.5. The van der Waals surface area contributed by atoms with Crippen molar-refractivity contribution < 1.29 is 4.79 Å². The molecular formula is C9H12ClN3O. The SMILES string of the molecule is Cc1cc(NC(=O)NCCCl)ccn1. The number of aryl methyl sites for hydroxylation is 1. The molecular weight excluding hydrogens is 202 g/mol. The first-order chi connectivity index (χ1) is 6.72. The van der Waals surface area contributed by atoms with Crippen LogP contribution < -0.4 is 10.6 Å². The van der Waals surface area contributed by atoms with Crippen LogP contribution in [0.5, 0.6) is 0 Å². The molecule has 2 amide bonds. The highest BCUT2D eigenvalue weighted by molar-refractivity contribution is 6.18. The summed E-state index contributed by atoms with van der Waals surface area (Å²) in [6.45, 7) is 2.32. The molecule has 0 radical (unpaired) electrons. The molecule has 0 saturated carbocycles. The summed E-state index contributed by atoms with van der Waals surface area (Å²) in [5.74, 6) is 0.406. The Morgan fingerprint density at radius 1 is 1.64 bits per heavy atom. The van der Waals surface area contributed by atoms with E-state index in [1.165, 1.54) is 0 Å². The number of urea groups is 1. The van der Waals surface area contributed by atoms with Crippen LogP contribution in [0.4, 0.5) is 10.5 Å². The van der Waals surface area contributed by atoms with Gasteiger partial charge in [-0.3, -0.25) is 4.98 Å². The molecule has 0 unspecified atom stereocenters. The maximum atomic E-state index is 11.2. The van der Waals surface area contributed by atoms with E-state index >= 15 is 0 Å². The molecule has 0 aliphatic rings. The lowest BCUT2D eigenvalue weighted by Crippen LogP contribution is -2.30. The first-order valence-electron chi connectivity index (χ1n) is 4.26. The molecule has 5 heteroatoms. The van der Waals surface area contributed by atoms with Gasteiger partial charge in [0.15, 0.2) is 0 Å². The topological polar surface area (TPSA) is 54.0 Å². The van der Waals surface area contributed by atoms with E-state index in [4.69, 9.17) is 11.6 Å². The van der Waals surface area contributed by atoms with Gasteiger partial charge in [0, 0.05) is 30.0 Å². The largest absolute Gasteiger partial charge is 0.337 e. The predicted octanol–water partition coefficient (Wildman–Crippen LogP) is 1.75. The predicted molar refractivity (Wildman–Crippen MR) is 56.7 cm³/mol. The van der Waals surface area contributed by atoms with Gasteiger partial charge in [0.05, 0.1) is 0 Å². The summed E-state index contributed by atoms with van der Waals surface area (Å²) in [5, 5.41) is 5.27. The van der Waals surface area contributed by atoms with Crippen molar-refractivity contribution in [1.82, 2.24) is 10.3 Å². The number of carbonyl (C=O) groups is 1. The smallest absolute Gasteiger partial charge is 0.319 e. The van der Waals surface area contributed by atoms with Crippen molar-refractivity contribution in [2.24, 2.45) is 0 Å². The van der Waals surface area contributed by atoms with Crippen LogP contribution in [0.2, 0.25) is 0 Å². The van der Waals surface area contributed by atoms with Crippen molar-refractivity contribution in [3.8, 4) is 0 Å². The van der Waals surface area contributed by atoms with E-state index in [0.29, 0.717) is 12.4 Å². The number of nitrogens with one attached hydrogen (secondary N) is 2. The normalized spacial score (nSPS) is 9.57. The molecule has 1 aromatic rings. The third-order valence-electron chi connectivity index (χ3n) is 1.53. The summed E-state index contributed by atoms with van der Waals surface area (Å²) in [6, 6.07) is 3.27. The lowest BCUT2D eigenvalue weighted by molar-refractivity contribution is 0.252. The number of alkyl halides is 1. The summed E-state index contributed by atoms with van der Waals surface area (Å²) in [7, 11) is 0.